The second kappa shape index (κ2) is 6.72. The number of hydrogen-bond donors (Lipinski definition) is 1. The molecule has 0 bridgehead atoms. The molecule has 5 heteroatoms. The lowest BCUT2D eigenvalue weighted by Gasteiger charge is -2.15. The maximum Gasteiger partial charge on any atom is 0.251 e. The lowest BCUT2D eigenvalue weighted by atomic mass is 10.1. The minimum Gasteiger partial charge on any atom is -0.346 e. The van der Waals surface area contributed by atoms with Gasteiger partial charge in [-0.2, -0.15) is 0 Å². The van der Waals surface area contributed by atoms with Gasteiger partial charge >= 0.3 is 0 Å². The molecular weight excluding hydrogens is 292 g/mol. The minimum atomic E-state index is -0.767. The third kappa shape index (κ3) is 4.04. The molecule has 0 heterocycles. The van der Waals surface area contributed by atoms with E-state index >= 15 is 0 Å². The maximum absolute atomic E-state index is 13.1. The van der Waals surface area contributed by atoms with Crippen LogP contribution in [-0.4, -0.2) is 12.2 Å². The highest BCUT2D eigenvalue weighted by molar-refractivity contribution is 7.98. The Balaban J connectivity index is 2.10. The van der Waals surface area contributed by atoms with Crippen LogP contribution in [0.25, 0.3) is 0 Å². The van der Waals surface area contributed by atoms with Crippen LogP contribution in [0, 0.1) is 11.6 Å². The van der Waals surface area contributed by atoms with Gasteiger partial charge in [0.25, 0.3) is 5.91 Å². The fourth-order valence-electron chi connectivity index (χ4n) is 1.94. The fourth-order valence-corrected chi connectivity index (χ4v) is 2.35. The van der Waals surface area contributed by atoms with Crippen molar-refractivity contribution in [3.05, 3.63) is 65.2 Å². The van der Waals surface area contributed by atoms with Crippen LogP contribution < -0.4 is 5.32 Å². The van der Waals surface area contributed by atoms with E-state index in [-0.39, 0.29) is 11.6 Å². The zero-order chi connectivity index (χ0) is 15.4. The Hall–Kier alpha value is -1.88. The summed E-state index contributed by atoms with van der Waals surface area (Å²) in [5, 5.41) is 2.73. The van der Waals surface area contributed by atoms with E-state index in [4.69, 9.17) is 0 Å². The van der Waals surface area contributed by atoms with Crippen molar-refractivity contribution in [2.75, 3.05) is 6.26 Å². The van der Waals surface area contributed by atoms with E-state index in [1.807, 2.05) is 37.4 Å². The van der Waals surface area contributed by atoms with Crippen molar-refractivity contribution in [1.82, 2.24) is 5.32 Å². The number of thioether (sulfide) groups is 1. The summed E-state index contributed by atoms with van der Waals surface area (Å²) in [6.07, 6.45) is 1.98. The predicted octanol–water partition coefficient (Wildman–Crippen LogP) is 4.18. The van der Waals surface area contributed by atoms with Gasteiger partial charge in [-0.15, -0.1) is 11.8 Å². The van der Waals surface area contributed by atoms with Crippen LogP contribution in [0.5, 0.6) is 0 Å². The Labute approximate surface area is 126 Å². The third-order valence-electron chi connectivity index (χ3n) is 3.09. The Morgan fingerprint density at radius 3 is 2.19 bits per heavy atom. The monoisotopic (exact) mass is 307 g/mol. The molecule has 2 nitrogen and oxygen atoms in total. The molecule has 1 atom stereocenters. The molecular formula is C16H15F2NOS. The van der Waals surface area contributed by atoms with Crippen LogP contribution in [0.2, 0.25) is 0 Å². The van der Waals surface area contributed by atoms with Gasteiger partial charge in [-0.3, -0.25) is 4.79 Å². The summed E-state index contributed by atoms with van der Waals surface area (Å²) in [4.78, 5) is 13.1. The van der Waals surface area contributed by atoms with Crippen molar-refractivity contribution in [2.45, 2.75) is 17.9 Å². The number of rotatable bonds is 4. The number of nitrogens with one attached hydrogen (secondary N) is 1. The minimum absolute atomic E-state index is 0.0277. The average Bonchev–Trinajstić information content (AvgIpc) is 2.46. The van der Waals surface area contributed by atoms with Gasteiger partial charge in [0, 0.05) is 16.5 Å². The van der Waals surface area contributed by atoms with Gasteiger partial charge in [0.15, 0.2) is 0 Å². The topological polar surface area (TPSA) is 29.1 Å². The van der Waals surface area contributed by atoms with E-state index in [0.29, 0.717) is 0 Å². The molecule has 0 aromatic heterocycles. The first-order valence-electron chi connectivity index (χ1n) is 6.40. The van der Waals surface area contributed by atoms with E-state index in [1.54, 1.807) is 11.8 Å². The molecule has 21 heavy (non-hydrogen) atoms. The summed E-state index contributed by atoms with van der Waals surface area (Å²) < 4.78 is 26.2. The Morgan fingerprint density at radius 1 is 1.10 bits per heavy atom. The first kappa shape index (κ1) is 15.5. The molecule has 0 aliphatic carbocycles. The van der Waals surface area contributed by atoms with E-state index in [9.17, 15) is 13.6 Å². The lowest BCUT2D eigenvalue weighted by Crippen LogP contribution is -2.26. The molecule has 2 rings (SSSR count). The highest BCUT2D eigenvalue weighted by Gasteiger charge is 2.13. The third-order valence-corrected chi connectivity index (χ3v) is 3.83. The largest absolute Gasteiger partial charge is 0.346 e. The zero-order valence-corrected chi connectivity index (χ0v) is 12.5. The quantitative estimate of drug-likeness (QED) is 0.859. The number of hydrogen-bond acceptors (Lipinski definition) is 2. The van der Waals surface area contributed by atoms with Crippen LogP contribution in [0.1, 0.15) is 28.9 Å². The highest BCUT2D eigenvalue weighted by Crippen LogP contribution is 2.19. The van der Waals surface area contributed by atoms with Gasteiger partial charge in [0.05, 0.1) is 6.04 Å². The molecule has 2 aromatic rings. The Morgan fingerprint density at radius 2 is 1.67 bits per heavy atom. The van der Waals surface area contributed by atoms with Crippen molar-refractivity contribution < 1.29 is 13.6 Å². The van der Waals surface area contributed by atoms with Gasteiger partial charge in [0.1, 0.15) is 11.6 Å². The highest BCUT2D eigenvalue weighted by atomic mass is 32.2. The van der Waals surface area contributed by atoms with Gasteiger partial charge in [-0.25, -0.2) is 8.78 Å². The molecule has 1 amide bonds. The molecule has 0 aliphatic heterocycles. The van der Waals surface area contributed by atoms with Crippen LogP contribution >= 0.6 is 11.8 Å². The van der Waals surface area contributed by atoms with Gasteiger partial charge in [0.2, 0.25) is 0 Å². The summed E-state index contributed by atoms with van der Waals surface area (Å²) in [5.41, 5.74) is 0.901. The maximum atomic E-state index is 13.1. The normalized spacial score (nSPS) is 12.0. The van der Waals surface area contributed by atoms with Crippen LogP contribution in [0.15, 0.2) is 47.4 Å². The summed E-state index contributed by atoms with van der Waals surface area (Å²) in [6.45, 7) is 1.82. The van der Waals surface area contributed by atoms with Crippen molar-refractivity contribution in [3.8, 4) is 0 Å². The molecule has 1 N–H and O–H groups in total. The van der Waals surface area contributed by atoms with E-state index in [2.05, 4.69) is 5.32 Å². The van der Waals surface area contributed by atoms with E-state index in [1.165, 1.54) is 0 Å². The molecule has 1 unspecified atom stereocenters. The summed E-state index contributed by atoms with van der Waals surface area (Å²) in [5.74, 6) is -2.04. The molecule has 0 saturated heterocycles. The second-order valence-corrected chi connectivity index (χ2v) is 5.51. The molecule has 2 aromatic carbocycles. The standard InChI is InChI=1S/C16H15F2NOS/c1-10(11-3-5-15(21-2)6-4-11)19-16(20)12-7-13(17)9-14(18)8-12/h3-10H,1-2H3,(H,19,20). The van der Waals surface area contributed by atoms with Crippen LogP contribution in [0.4, 0.5) is 8.78 Å². The van der Waals surface area contributed by atoms with Crippen LogP contribution in [0.3, 0.4) is 0 Å². The van der Waals surface area contributed by atoms with Crippen LogP contribution in [-0.2, 0) is 0 Å². The lowest BCUT2D eigenvalue weighted by molar-refractivity contribution is 0.0939. The fraction of sp³-hybridized carbons (Fsp3) is 0.188. The molecule has 0 saturated carbocycles. The van der Waals surface area contributed by atoms with Crippen molar-refractivity contribution in [2.24, 2.45) is 0 Å². The molecule has 0 aliphatic rings. The first-order valence-corrected chi connectivity index (χ1v) is 7.63. The SMILES string of the molecule is CSc1ccc(C(C)NC(=O)c2cc(F)cc(F)c2)cc1. The van der Waals surface area contributed by atoms with E-state index in [0.717, 1.165) is 28.7 Å². The average molecular weight is 307 g/mol. The number of benzene rings is 2. The Bertz CT molecular complexity index is 623. The number of halogens is 2. The van der Waals surface area contributed by atoms with E-state index < -0.39 is 17.5 Å². The van der Waals surface area contributed by atoms with Gasteiger partial charge in [-0.1, -0.05) is 12.1 Å². The number of carbonyl (C=O) groups excluding carboxylic acids is 1. The summed E-state index contributed by atoms with van der Waals surface area (Å²) in [7, 11) is 0. The predicted molar refractivity (Wildman–Crippen MR) is 80.5 cm³/mol. The smallest absolute Gasteiger partial charge is 0.251 e. The van der Waals surface area contributed by atoms with Crippen molar-refractivity contribution in [1.29, 1.82) is 0 Å². The summed E-state index contributed by atoms with van der Waals surface area (Å²) in [6, 6.07) is 10.3. The first-order chi connectivity index (χ1) is 9.99. The summed E-state index contributed by atoms with van der Waals surface area (Å²) >= 11 is 1.63. The number of carbonyl (C=O) groups is 1. The van der Waals surface area contributed by atoms with Crippen molar-refractivity contribution >= 4 is 17.7 Å². The van der Waals surface area contributed by atoms with Gasteiger partial charge in [-0.05, 0) is 43.0 Å². The molecule has 0 fully saturated rings. The van der Waals surface area contributed by atoms with Crippen molar-refractivity contribution in [3.63, 3.8) is 0 Å². The zero-order valence-electron chi connectivity index (χ0n) is 11.7. The van der Waals surface area contributed by atoms with Gasteiger partial charge < -0.3 is 5.32 Å². The molecule has 110 valence electrons. The Kier molecular flexibility index (Phi) is 4.96. The second-order valence-electron chi connectivity index (χ2n) is 4.63. The number of amides is 1. The molecule has 0 spiro atoms. The molecule has 0 radical (unpaired) electrons.